The molecule has 1 amide bonds. The Labute approximate surface area is 143 Å². The molecule has 0 unspecified atom stereocenters. The van der Waals surface area contributed by atoms with Crippen LogP contribution in [0.15, 0.2) is 10.7 Å². The van der Waals surface area contributed by atoms with E-state index in [1.54, 1.807) is 4.68 Å². The summed E-state index contributed by atoms with van der Waals surface area (Å²) in [4.78, 5) is 12.2. The van der Waals surface area contributed by atoms with Crippen LogP contribution in [0.1, 0.15) is 35.2 Å². The molecule has 22 heavy (non-hydrogen) atoms. The van der Waals surface area contributed by atoms with Crippen molar-refractivity contribution in [2.75, 3.05) is 6.54 Å². The lowest BCUT2D eigenvalue weighted by atomic mass is 10.3. The van der Waals surface area contributed by atoms with E-state index in [4.69, 9.17) is 11.6 Å². The Morgan fingerprint density at radius 2 is 2.14 bits per heavy atom. The summed E-state index contributed by atoms with van der Waals surface area (Å²) in [5.74, 6) is -0.195. The number of aromatic nitrogens is 4. The van der Waals surface area contributed by atoms with Crippen LogP contribution in [-0.4, -0.2) is 32.0 Å². The van der Waals surface area contributed by atoms with Gasteiger partial charge in [-0.15, -0.1) is 0 Å². The second kappa shape index (κ2) is 7.28. The van der Waals surface area contributed by atoms with Gasteiger partial charge in [0.2, 0.25) is 0 Å². The Morgan fingerprint density at radius 3 is 2.73 bits per heavy atom. The topological polar surface area (TPSA) is 64.7 Å². The van der Waals surface area contributed by atoms with E-state index < -0.39 is 0 Å². The van der Waals surface area contributed by atoms with Gasteiger partial charge in [-0.05, 0) is 43.1 Å². The van der Waals surface area contributed by atoms with Crippen molar-refractivity contribution >= 4 is 33.4 Å². The van der Waals surface area contributed by atoms with Gasteiger partial charge in [0.15, 0.2) is 0 Å². The highest BCUT2D eigenvalue weighted by atomic mass is 79.9. The number of carbonyl (C=O) groups excluding carboxylic acids is 1. The van der Waals surface area contributed by atoms with E-state index in [-0.39, 0.29) is 5.91 Å². The fraction of sp³-hybridized carbons (Fsp3) is 0.500. The first kappa shape index (κ1) is 17.0. The number of carbonyl (C=O) groups is 1. The minimum Gasteiger partial charge on any atom is -0.351 e. The summed E-state index contributed by atoms with van der Waals surface area (Å²) in [6.07, 6.45) is 2.28. The molecule has 6 nitrogen and oxygen atoms in total. The highest BCUT2D eigenvalue weighted by molar-refractivity contribution is 9.10. The molecule has 0 aliphatic heterocycles. The second-order valence-electron chi connectivity index (χ2n) is 4.97. The van der Waals surface area contributed by atoms with Gasteiger partial charge in [0.1, 0.15) is 5.69 Å². The average molecular weight is 389 g/mol. The number of hydrogen-bond donors (Lipinski definition) is 1. The van der Waals surface area contributed by atoms with Gasteiger partial charge in [-0.3, -0.25) is 14.2 Å². The van der Waals surface area contributed by atoms with Crippen molar-refractivity contribution in [3.63, 3.8) is 0 Å². The summed E-state index contributed by atoms with van der Waals surface area (Å²) in [7, 11) is 0. The Hall–Kier alpha value is -1.34. The van der Waals surface area contributed by atoms with Crippen LogP contribution < -0.4 is 5.32 Å². The molecule has 2 aromatic rings. The van der Waals surface area contributed by atoms with Gasteiger partial charge in [0.05, 0.1) is 21.4 Å². The molecule has 0 atom stereocenters. The van der Waals surface area contributed by atoms with Crippen molar-refractivity contribution in [1.82, 2.24) is 24.9 Å². The van der Waals surface area contributed by atoms with Crippen molar-refractivity contribution in [2.45, 2.75) is 40.3 Å². The van der Waals surface area contributed by atoms with E-state index in [0.717, 1.165) is 28.8 Å². The Bertz CT molecular complexity index is 679. The van der Waals surface area contributed by atoms with Crippen LogP contribution in [0, 0.1) is 13.8 Å². The summed E-state index contributed by atoms with van der Waals surface area (Å²) in [6.45, 7) is 7.81. The summed E-state index contributed by atoms with van der Waals surface area (Å²) >= 11 is 9.51. The van der Waals surface area contributed by atoms with Crippen LogP contribution in [0.25, 0.3) is 0 Å². The number of aryl methyl sites for hydroxylation is 3. The number of nitrogens with zero attached hydrogens (tertiary/aromatic N) is 4. The lowest BCUT2D eigenvalue weighted by Crippen LogP contribution is -2.28. The van der Waals surface area contributed by atoms with E-state index in [9.17, 15) is 4.79 Å². The Balaban J connectivity index is 1.87. The van der Waals surface area contributed by atoms with Gasteiger partial charge in [0, 0.05) is 25.3 Å². The molecule has 1 N–H and O–H groups in total. The fourth-order valence-electron chi connectivity index (χ4n) is 2.24. The van der Waals surface area contributed by atoms with Gasteiger partial charge < -0.3 is 5.32 Å². The molecule has 0 aromatic carbocycles. The number of hydrogen-bond acceptors (Lipinski definition) is 3. The molecule has 0 aliphatic rings. The van der Waals surface area contributed by atoms with Crippen molar-refractivity contribution in [2.24, 2.45) is 0 Å². The minimum atomic E-state index is -0.195. The standard InChI is InChI=1S/C14H19BrClN5O/c1-4-20-13(11(16)8-18-20)14(22)17-6-5-7-21-10(3)12(15)9(2)19-21/h8H,4-7H2,1-3H3,(H,17,22). The SMILES string of the molecule is CCn1ncc(Cl)c1C(=O)NCCCn1nc(C)c(Br)c1C. The molecule has 8 heteroatoms. The van der Waals surface area contributed by atoms with Gasteiger partial charge in [0.25, 0.3) is 5.91 Å². The average Bonchev–Trinajstić information content (AvgIpc) is 2.99. The summed E-state index contributed by atoms with van der Waals surface area (Å²) < 4.78 is 4.57. The lowest BCUT2D eigenvalue weighted by molar-refractivity contribution is 0.0942. The van der Waals surface area contributed by atoms with Gasteiger partial charge in [-0.25, -0.2) is 0 Å². The van der Waals surface area contributed by atoms with Crippen molar-refractivity contribution in [3.8, 4) is 0 Å². The van der Waals surface area contributed by atoms with E-state index in [2.05, 4.69) is 31.4 Å². The van der Waals surface area contributed by atoms with Crippen LogP contribution in [-0.2, 0) is 13.1 Å². The van der Waals surface area contributed by atoms with Crippen LogP contribution in [0.2, 0.25) is 5.02 Å². The lowest BCUT2D eigenvalue weighted by Gasteiger charge is -2.08. The third kappa shape index (κ3) is 3.52. The zero-order chi connectivity index (χ0) is 16.3. The maximum atomic E-state index is 12.2. The molecule has 0 spiro atoms. The van der Waals surface area contributed by atoms with E-state index in [0.29, 0.717) is 23.8 Å². The largest absolute Gasteiger partial charge is 0.351 e. The first-order valence-corrected chi connectivity index (χ1v) is 8.31. The molecule has 2 heterocycles. The van der Waals surface area contributed by atoms with Gasteiger partial charge in [-0.1, -0.05) is 11.6 Å². The van der Waals surface area contributed by atoms with E-state index >= 15 is 0 Å². The molecule has 0 radical (unpaired) electrons. The van der Waals surface area contributed by atoms with Crippen molar-refractivity contribution < 1.29 is 4.79 Å². The highest BCUT2D eigenvalue weighted by Gasteiger charge is 2.16. The van der Waals surface area contributed by atoms with Crippen molar-refractivity contribution in [1.29, 1.82) is 0 Å². The van der Waals surface area contributed by atoms with Gasteiger partial charge in [-0.2, -0.15) is 10.2 Å². The molecular weight excluding hydrogens is 370 g/mol. The Kier molecular flexibility index (Phi) is 5.63. The summed E-state index contributed by atoms with van der Waals surface area (Å²) in [6, 6.07) is 0. The van der Waals surface area contributed by atoms with E-state index in [1.165, 1.54) is 6.20 Å². The highest BCUT2D eigenvalue weighted by Crippen LogP contribution is 2.19. The molecule has 0 saturated carbocycles. The first-order chi connectivity index (χ1) is 10.5. The third-order valence-electron chi connectivity index (χ3n) is 3.43. The summed E-state index contributed by atoms with van der Waals surface area (Å²) in [5, 5.41) is 11.8. The quantitative estimate of drug-likeness (QED) is 0.774. The molecule has 0 fully saturated rings. The third-order valence-corrected chi connectivity index (χ3v) is 4.86. The normalized spacial score (nSPS) is 11.0. The number of amides is 1. The van der Waals surface area contributed by atoms with Crippen LogP contribution in [0.4, 0.5) is 0 Å². The molecule has 0 aliphatic carbocycles. The molecule has 2 aromatic heterocycles. The Morgan fingerprint density at radius 1 is 1.41 bits per heavy atom. The number of rotatable bonds is 6. The smallest absolute Gasteiger partial charge is 0.271 e. The fourth-order valence-corrected chi connectivity index (χ4v) is 2.75. The maximum absolute atomic E-state index is 12.2. The first-order valence-electron chi connectivity index (χ1n) is 7.14. The second-order valence-corrected chi connectivity index (χ2v) is 6.17. The molecule has 0 saturated heterocycles. The zero-order valence-electron chi connectivity index (χ0n) is 12.9. The minimum absolute atomic E-state index is 0.195. The maximum Gasteiger partial charge on any atom is 0.271 e. The molecule has 0 bridgehead atoms. The van der Waals surface area contributed by atoms with E-state index in [1.807, 2.05) is 25.5 Å². The predicted molar refractivity (Wildman–Crippen MR) is 89.3 cm³/mol. The number of nitrogens with one attached hydrogen (secondary N) is 1. The van der Waals surface area contributed by atoms with Crippen LogP contribution in [0.5, 0.6) is 0 Å². The number of halogens is 2. The predicted octanol–water partition coefficient (Wildman–Crippen LogP) is 2.95. The zero-order valence-corrected chi connectivity index (χ0v) is 15.2. The molecule has 2 rings (SSSR count). The van der Waals surface area contributed by atoms with Crippen LogP contribution >= 0.6 is 27.5 Å². The van der Waals surface area contributed by atoms with Crippen molar-refractivity contribution in [3.05, 3.63) is 32.8 Å². The van der Waals surface area contributed by atoms with Gasteiger partial charge >= 0.3 is 0 Å². The monoisotopic (exact) mass is 387 g/mol. The molecule has 120 valence electrons. The van der Waals surface area contributed by atoms with Crippen LogP contribution in [0.3, 0.4) is 0 Å². The summed E-state index contributed by atoms with van der Waals surface area (Å²) in [5.41, 5.74) is 2.48. The molecular formula is C14H19BrClN5O.